The van der Waals surface area contributed by atoms with Crippen LogP contribution in [0.2, 0.25) is 0 Å². The van der Waals surface area contributed by atoms with Crippen LogP contribution in [0.25, 0.3) is 0 Å². The van der Waals surface area contributed by atoms with E-state index in [0.29, 0.717) is 11.5 Å². The van der Waals surface area contributed by atoms with Crippen molar-refractivity contribution in [2.24, 2.45) is 0 Å². The van der Waals surface area contributed by atoms with Gasteiger partial charge < -0.3 is 4.74 Å². The van der Waals surface area contributed by atoms with Crippen LogP contribution in [0, 0.1) is 0 Å². The Balaban J connectivity index is 2.29. The number of rotatable bonds is 2. The molecule has 15 heavy (non-hydrogen) atoms. The molecule has 0 radical (unpaired) electrons. The molecule has 0 bridgehead atoms. The first-order valence-corrected chi connectivity index (χ1v) is 5.61. The first-order chi connectivity index (χ1) is 7.27. The second kappa shape index (κ2) is 4.67. The van der Waals surface area contributed by atoms with Crippen LogP contribution < -0.4 is 4.74 Å². The highest BCUT2D eigenvalue weighted by Gasteiger charge is 2.05. The normalized spacial score (nSPS) is 10.0. The summed E-state index contributed by atoms with van der Waals surface area (Å²) in [5, 5.41) is 10.7. The number of hydrogen-bond donors (Lipinski definition) is 0. The van der Waals surface area contributed by atoms with Gasteiger partial charge in [-0.25, -0.2) is 0 Å². The standard InChI is InChI=1S/C9H5Br2N3O/c10-7-2-1-3-8(9(7)11)15-6-4-12-14-13-5-6/h1-5H. The molecule has 0 saturated heterocycles. The molecule has 2 rings (SSSR count). The van der Waals surface area contributed by atoms with E-state index < -0.39 is 0 Å². The minimum absolute atomic E-state index is 0.545. The zero-order chi connectivity index (χ0) is 10.7. The Labute approximate surface area is 103 Å². The van der Waals surface area contributed by atoms with E-state index in [4.69, 9.17) is 4.74 Å². The minimum Gasteiger partial charge on any atom is -0.453 e. The largest absolute Gasteiger partial charge is 0.453 e. The summed E-state index contributed by atoms with van der Waals surface area (Å²) in [6.45, 7) is 0. The van der Waals surface area contributed by atoms with Gasteiger partial charge in [0.1, 0.15) is 5.75 Å². The Kier molecular flexibility index (Phi) is 3.27. The highest BCUT2D eigenvalue weighted by Crippen LogP contribution is 2.34. The van der Waals surface area contributed by atoms with Gasteiger partial charge in [0.05, 0.1) is 16.9 Å². The molecule has 0 atom stereocenters. The fourth-order valence-electron chi connectivity index (χ4n) is 0.971. The van der Waals surface area contributed by atoms with E-state index in [9.17, 15) is 0 Å². The maximum Gasteiger partial charge on any atom is 0.167 e. The molecule has 0 N–H and O–H groups in total. The summed E-state index contributed by atoms with van der Waals surface area (Å²) >= 11 is 6.80. The van der Waals surface area contributed by atoms with E-state index in [-0.39, 0.29) is 0 Å². The Hall–Kier alpha value is -1.01. The smallest absolute Gasteiger partial charge is 0.167 e. The first kappa shape index (κ1) is 10.5. The van der Waals surface area contributed by atoms with Crippen molar-refractivity contribution in [2.45, 2.75) is 0 Å². The second-order valence-electron chi connectivity index (χ2n) is 2.63. The van der Waals surface area contributed by atoms with Gasteiger partial charge in [0.25, 0.3) is 0 Å². The Morgan fingerprint density at radius 2 is 1.80 bits per heavy atom. The lowest BCUT2D eigenvalue weighted by atomic mass is 10.3. The second-order valence-corrected chi connectivity index (χ2v) is 4.28. The van der Waals surface area contributed by atoms with Gasteiger partial charge in [-0.05, 0) is 49.2 Å². The van der Waals surface area contributed by atoms with Gasteiger partial charge in [0, 0.05) is 4.47 Å². The van der Waals surface area contributed by atoms with E-state index in [0.717, 1.165) is 8.95 Å². The van der Waals surface area contributed by atoms with E-state index in [1.165, 1.54) is 12.4 Å². The van der Waals surface area contributed by atoms with Crippen LogP contribution in [0.5, 0.6) is 11.5 Å². The van der Waals surface area contributed by atoms with Crippen molar-refractivity contribution in [2.75, 3.05) is 0 Å². The third-order valence-electron chi connectivity index (χ3n) is 1.62. The monoisotopic (exact) mass is 329 g/mol. The molecule has 4 nitrogen and oxygen atoms in total. The predicted molar refractivity (Wildman–Crippen MR) is 61.7 cm³/mol. The highest BCUT2D eigenvalue weighted by molar-refractivity contribution is 9.13. The summed E-state index contributed by atoms with van der Waals surface area (Å²) in [6, 6.07) is 5.64. The molecular formula is C9H5Br2N3O. The van der Waals surface area contributed by atoms with Crippen molar-refractivity contribution in [3.05, 3.63) is 39.5 Å². The van der Waals surface area contributed by atoms with Crippen LogP contribution in [-0.4, -0.2) is 15.4 Å². The number of halogens is 2. The third-order valence-corrected chi connectivity index (χ3v) is 3.63. The Morgan fingerprint density at radius 3 is 2.53 bits per heavy atom. The third kappa shape index (κ3) is 2.51. The zero-order valence-electron chi connectivity index (χ0n) is 7.39. The van der Waals surface area contributed by atoms with E-state index in [1.54, 1.807) is 0 Å². The van der Waals surface area contributed by atoms with Crippen molar-refractivity contribution >= 4 is 31.9 Å². The van der Waals surface area contributed by atoms with Gasteiger partial charge in [-0.15, -0.1) is 10.2 Å². The molecular weight excluding hydrogens is 326 g/mol. The maximum atomic E-state index is 5.55. The summed E-state index contributed by atoms with van der Waals surface area (Å²) in [6.07, 6.45) is 3.00. The zero-order valence-corrected chi connectivity index (χ0v) is 10.6. The van der Waals surface area contributed by atoms with Gasteiger partial charge in [-0.3, -0.25) is 0 Å². The summed E-state index contributed by atoms with van der Waals surface area (Å²) < 4.78 is 7.32. The van der Waals surface area contributed by atoms with Gasteiger partial charge in [-0.1, -0.05) is 6.07 Å². The van der Waals surface area contributed by atoms with Crippen molar-refractivity contribution in [1.29, 1.82) is 0 Å². The molecule has 0 fully saturated rings. The van der Waals surface area contributed by atoms with E-state index in [2.05, 4.69) is 47.3 Å². The molecule has 1 heterocycles. The number of hydrogen-bond acceptors (Lipinski definition) is 4. The molecule has 2 aromatic rings. The Morgan fingerprint density at radius 1 is 1.07 bits per heavy atom. The van der Waals surface area contributed by atoms with Gasteiger partial charge in [0.15, 0.2) is 5.75 Å². The summed E-state index contributed by atoms with van der Waals surface area (Å²) in [4.78, 5) is 0. The molecule has 6 heteroatoms. The topological polar surface area (TPSA) is 47.9 Å². The van der Waals surface area contributed by atoms with Crippen LogP contribution in [0.15, 0.2) is 39.5 Å². The fourth-order valence-corrected chi connectivity index (χ4v) is 1.66. The molecule has 0 aliphatic heterocycles. The highest BCUT2D eigenvalue weighted by atomic mass is 79.9. The summed E-state index contributed by atoms with van der Waals surface area (Å²) in [5.41, 5.74) is 0. The van der Waals surface area contributed by atoms with Gasteiger partial charge in [-0.2, -0.15) is 0 Å². The molecule has 1 aromatic carbocycles. The fraction of sp³-hybridized carbons (Fsp3) is 0. The number of ether oxygens (including phenoxy) is 1. The molecule has 0 amide bonds. The van der Waals surface area contributed by atoms with Crippen molar-refractivity contribution in [3.8, 4) is 11.5 Å². The van der Waals surface area contributed by atoms with Crippen LogP contribution in [0.3, 0.4) is 0 Å². The summed E-state index contributed by atoms with van der Waals surface area (Å²) in [7, 11) is 0. The van der Waals surface area contributed by atoms with Crippen LogP contribution in [-0.2, 0) is 0 Å². The first-order valence-electron chi connectivity index (χ1n) is 4.02. The molecule has 0 spiro atoms. The quantitative estimate of drug-likeness (QED) is 0.848. The lowest BCUT2D eigenvalue weighted by Gasteiger charge is -2.06. The molecule has 0 saturated carbocycles. The van der Waals surface area contributed by atoms with E-state index >= 15 is 0 Å². The summed E-state index contributed by atoms with van der Waals surface area (Å²) in [5.74, 6) is 1.24. The molecule has 0 unspecified atom stereocenters. The SMILES string of the molecule is Brc1cccc(Oc2cnnnc2)c1Br. The lowest BCUT2D eigenvalue weighted by Crippen LogP contribution is -1.90. The number of aromatic nitrogens is 3. The average molecular weight is 331 g/mol. The maximum absolute atomic E-state index is 5.55. The van der Waals surface area contributed by atoms with Crippen molar-refractivity contribution in [3.63, 3.8) is 0 Å². The Bertz CT molecular complexity index is 464. The molecule has 76 valence electrons. The van der Waals surface area contributed by atoms with Gasteiger partial charge in [0.2, 0.25) is 0 Å². The minimum atomic E-state index is 0.545. The molecule has 0 aliphatic carbocycles. The molecule has 0 aliphatic rings. The number of nitrogens with zero attached hydrogens (tertiary/aromatic N) is 3. The predicted octanol–water partition coefficient (Wildman–Crippen LogP) is 3.19. The van der Waals surface area contributed by atoms with Crippen molar-refractivity contribution < 1.29 is 4.74 Å². The van der Waals surface area contributed by atoms with Gasteiger partial charge >= 0.3 is 0 Å². The van der Waals surface area contributed by atoms with Crippen molar-refractivity contribution in [1.82, 2.24) is 15.4 Å². The van der Waals surface area contributed by atoms with Crippen LogP contribution in [0.4, 0.5) is 0 Å². The lowest BCUT2D eigenvalue weighted by molar-refractivity contribution is 0.470. The van der Waals surface area contributed by atoms with E-state index in [1.807, 2.05) is 18.2 Å². The number of benzene rings is 1. The molecule has 1 aromatic heterocycles. The van der Waals surface area contributed by atoms with Crippen LogP contribution in [0.1, 0.15) is 0 Å². The van der Waals surface area contributed by atoms with Crippen LogP contribution >= 0.6 is 31.9 Å². The average Bonchev–Trinajstić information content (AvgIpc) is 2.26.